The fourth-order valence-electron chi connectivity index (χ4n) is 2.30. The molecule has 1 aliphatic rings. The van der Waals surface area contributed by atoms with E-state index in [1.807, 2.05) is 6.07 Å². The molecule has 3 rings (SSSR count). The zero-order chi connectivity index (χ0) is 12.5. The number of hydrogen-bond acceptors (Lipinski definition) is 4. The number of primary amides is 1. The van der Waals surface area contributed by atoms with Crippen LogP contribution in [0.25, 0.3) is 11.0 Å². The van der Waals surface area contributed by atoms with Crippen LogP contribution in [0.2, 0.25) is 0 Å². The van der Waals surface area contributed by atoms with Gasteiger partial charge in [-0.05, 0) is 25.1 Å². The van der Waals surface area contributed by atoms with E-state index >= 15 is 0 Å². The number of carbonyl (C=O) groups is 1. The summed E-state index contributed by atoms with van der Waals surface area (Å²) in [7, 11) is 0. The quantitative estimate of drug-likeness (QED) is 0.739. The normalized spacial score (nSPS) is 19.2. The third kappa shape index (κ3) is 1.91. The van der Waals surface area contributed by atoms with Crippen molar-refractivity contribution in [3.63, 3.8) is 0 Å². The Kier molecular flexibility index (Phi) is 2.64. The molecule has 2 heterocycles. The second-order valence-corrected chi connectivity index (χ2v) is 4.39. The van der Waals surface area contributed by atoms with Crippen molar-refractivity contribution in [3.8, 4) is 5.75 Å². The third-order valence-electron chi connectivity index (χ3n) is 3.15. The molecule has 6 heteroatoms. The first kappa shape index (κ1) is 11.0. The maximum Gasteiger partial charge on any atom is 0.410 e. The van der Waals surface area contributed by atoms with Gasteiger partial charge in [0.05, 0.1) is 5.52 Å². The van der Waals surface area contributed by atoms with Crippen LogP contribution in [-0.4, -0.2) is 29.2 Å². The van der Waals surface area contributed by atoms with Crippen LogP contribution in [0.1, 0.15) is 18.2 Å². The van der Waals surface area contributed by atoms with Gasteiger partial charge in [-0.2, -0.15) is 0 Å². The van der Waals surface area contributed by atoms with Gasteiger partial charge in [-0.15, -0.1) is 0 Å². The minimum Gasteiger partial charge on any atom is -0.408 e. The summed E-state index contributed by atoms with van der Waals surface area (Å²) in [6.45, 7) is 1.93. The highest BCUT2D eigenvalue weighted by molar-refractivity contribution is 5.84. The van der Waals surface area contributed by atoms with E-state index in [4.69, 9.17) is 10.5 Å². The molecule has 0 aliphatic carbocycles. The largest absolute Gasteiger partial charge is 0.410 e. The fraction of sp³-hybridized carbons (Fsp3) is 0.333. The van der Waals surface area contributed by atoms with E-state index in [2.05, 4.69) is 15.3 Å². The molecule has 1 aliphatic heterocycles. The average Bonchev–Trinajstić information content (AvgIpc) is 2.97. The van der Waals surface area contributed by atoms with Crippen molar-refractivity contribution in [2.24, 2.45) is 5.73 Å². The van der Waals surface area contributed by atoms with Gasteiger partial charge in [-0.25, -0.2) is 9.78 Å². The number of amides is 1. The summed E-state index contributed by atoms with van der Waals surface area (Å²) in [5.41, 5.74) is 6.54. The minimum atomic E-state index is -0.824. The van der Waals surface area contributed by atoms with Crippen molar-refractivity contribution in [1.29, 1.82) is 0 Å². The lowest BCUT2D eigenvalue weighted by atomic mass is 10.1. The van der Waals surface area contributed by atoms with Gasteiger partial charge >= 0.3 is 6.09 Å². The molecule has 0 bridgehead atoms. The summed E-state index contributed by atoms with van der Waals surface area (Å²) in [5.74, 6) is 1.71. The Labute approximate surface area is 104 Å². The zero-order valence-corrected chi connectivity index (χ0v) is 9.77. The van der Waals surface area contributed by atoms with Crippen LogP contribution in [0.4, 0.5) is 4.79 Å². The number of H-pyrrole nitrogens is 1. The number of nitrogens with one attached hydrogen (secondary N) is 2. The molecule has 1 fully saturated rings. The molecular weight excluding hydrogens is 232 g/mol. The van der Waals surface area contributed by atoms with E-state index in [1.54, 1.807) is 12.1 Å². The Bertz CT molecular complexity index is 587. The Morgan fingerprint density at radius 2 is 2.39 bits per heavy atom. The van der Waals surface area contributed by atoms with Crippen molar-refractivity contribution in [1.82, 2.24) is 15.3 Å². The van der Waals surface area contributed by atoms with Gasteiger partial charge in [0.1, 0.15) is 11.3 Å². The SMILES string of the molecule is NC(=O)Oc1cccc2[nH]c(C3CCNC3)nc12. The number of aromatic amines is 1. The van der Waals surface area contributed by atoms with Crippen molar-refractivity contribution < 1.29 is 9.53 Å². The van der Waals surface area contributed by atoms with Gasteiger partial charge < -0.3 is 20.8 Å². The molecule has 1 unspecified atom stereocenters. The van der Waals surface area contributed by atoms with Crippen LogP contribution in [-0.2, 0) is 0 Å². The van der Waals surface area contributed by atoms with Crippen LogP contribution in [0.15, 0.2) is 18.2 Å². The number of hydrogen-bond donors (Lipinski definition) is 3. The molecule has 0 radical (unpaired) electrons. The number of nitrogens with zero attached hydrogens (tertiary/aromatic N) is 1. The van der Waals surface area contributed by atoms with E-state index in [-0.39, 0.29) is 0 Å². The van der Waals surface area contributed by atoms with Gasteiger partial charge in [0.15, 0.2) is 5.75 Å². The van der Waals surface area contributed by atoms with Gasteiger partial charge in [0.2, 0.25) is 0 Å². The maximum atomic E-state index is 10.8. The summed E-state index contributed by atoms with van der Waals surface area (Å²) in [6.07, 6.45) is 0.237. The Balaban J connectivity index is 2.02. The first-order valence-electron chi connectivity index (χ1n) is 5.90. The number of aromatic nitrogens is 2. The first-order chi connectivity index (χ1) is 8.74. The number of carbonyl (C=O) groups excluding carboxylic acids is 1. The second kappa shape index (κ2) is 4.30. The summed E-state index contributed by atoms with van der Waals surface area (Å²) < 4.78 is 4.94. The van der Waals surface area contributed by atoms with E-state index in [0.29, 0.717) is 17.2 Å². The molecule has 1 saturated heterocycles. The minimum absolute atomic E-state index is 0.388. The van der Waals surface area contributed by atoms with Gasteiger partial charge in [0.25, 0.3) is 0 Å². The fourth-order valence-corrected chi connectivity index (χ4v) is 2.30. The van der Waals surface area contributed by atoms with Gasteiger partial charge in [-0.1, -0.05) is 6.07 Å². The van der Waals surface area contributed by atoms with Crippen LogP contribution in [0, 0.1) is 0 Å². The second-order valence-electron chi connectivity index (χ2n) is 4.39. The number of ether oxygens (including phenoxy) is 1. The van der Waals surface area contributed by atoms with Crippen LogP contribution in [0.5, 0.6) is 5.75 Å². The molecule has 18 heavy (non-hydrogen) atoms. The molecule has 1 aromatic heterocycles. The molecule has 0 spiro atoms. The highest BCUT2D eigenvalue weighted by atomic mass is 16.5. The number of para-hydroxylation sites is 1. The number of imidazole rings is 1. The highest BCUT2D eigenvalue weighted by Crippen LogP contribution is 2.27. The summed E-state index contributed by atoms with van der Waals surface area (Å²) in [6, 6.07) is 5.39. The Morgan fingerprint density at radius 1 is 1.50 bits per heavy atom. The monoisotopic (exact) mass is 246 g/mol. The smallest absolute Gasteiger partial charge is 0.408 e. The Hall–Kier alpha value is -2.08. The third-order valence-corrected chi connectivity index (χ3v) is 3.15. The van der Waals surface area contributed by atoms with E-state index in [0.717, 1.165) is 30.9 Å². The molecular formula is C12H14N4O2. The lowest BCUT2D eigenvalue weighted by Crippen LogP contribution is -2.16. The van der Waals surface area contributed by atoms with Gasteiger partial charge in [0, 0.05) is 12.5 Å². The van der Waals surface area contributed by atoms with Crippen molar-refractivity contribution >= 4 is 17.1 Å². The number of rotatable bonds is 2. The number of nitrogens with two attached hydrogens (primary N) is 1. The topological polar surface area (TPSA) is 93.0 Å². The highest BCUT2D eigenvalue weighted by Gasteiger charge is 2.21. The van der Waals surface area contributed by atoms with E-state index in [9.17, 15) is 4.79 Å². The predicted octanol–water partition coefficient (Wildman–Crippen LogP) is 1.10. The van der Waals surface area contributed by atoms with Gasteiger partial charge in [-0.3, -0.25) is 0 Å². The number of fused-ring (bicyclic) bond motifs is 1. The lowest BCUT2D eigenvalue weighted by Gasteiger charge is -2.02. The molecule has 0 saturated carbocycles. The zero-order valence-electron chi connectivity index (χ0n) is 9.77. The van der Waals surface area contributed by atoms with E-state index < -0.39 is 6.09 Å². The molecule has 2 aromatic rings. The van der Waals surface area contributed by atoms with Crippen LogP contribution in [0.3, 0.4) is 0 Å². The summed E-state index contributed by atoms with van der Waals surface area (Å²) in [4.78, 5) is 18.6. The van der Waals surface area contributed by atoms with Crippen LogP contribution >= 0.6 is 0 Å². The van der Waals surface area contributed by atoms with Crippen molar-refractivity contribution in [2.75, 3.05) is 13.1 Å². The van der Waals surface area contributed by atoms with Crippen molar-refractivity contribution in [2.45, 2.75) is 12.3 Å². The standard InChI is InChI=1S/C12H14N4O2/c13-12(17)18-9-3-1-2-8-10(9)16-11(15-8)7-4-5-14-6-7/h1-3,7,14H,4-6H2,(H2,13,17)(H,15,16). The van der Waals surface area contributed by atoms with E-state index in [1.165, 1.54) is 0 Å². The molecule has 94 valence electrons. The molecule has 1 aromatic carbocycles. The van der Waals surface area contributed by atoms with Crippen LogP contribution < -0.4 is 15.8 Å². The molecule has 1 atom stereocenters. The molecule has 6 nitrogen and oxygen atoms in total. The molecule has 4 N–H and O–H groups in total. The average molecular weight is 246 g/mol. The summed E-state index contributed by atoms with van der Waals surface area (Å²) >= 11 is 0. The number of benzene rings is 1. The lowest BCUT2D eigenvalue weighted by molar-refractivity contribution is 0.211. The molecule has 1 amide bonds. The first-order valence-corrected chi connectivity index (χ1v) is 5.90. The maximum absolute atomic E-state index is 10.8. The Morgan fingerprint density at radius 3 is 3.11 bits per heavy atom. The predicted molar refractivity (Wildman–Crippen MR) is 66.5 cm³/mol. The van der Waals surface area contributed by atoms with Crippen molar-refractivity contribution in [3.05, 3.63) is 24.0 Å². The summed E-state index contributed by atoms with van der Waals surface area (Å²) in [5, 5.41) is 3.30.